The summed E-state index contributed by atoms with van der Waals surface area (Å²) in [7, 11) is 4.02. The zero-order chi connectivity index (χ0) is 54.9. The number of rotatable bonds is 46. The predicted octanol–water partition coefficient (Wildman–Crippen LogP) is 17.5. The van der Waals surface area contributed by atoms with Crippen LogP contribution in [0.5, 0.6) is 0 Å². The standard InChI is InChI=1S/C38H66N2O5S.C23H44O3.C2H6/c1-6-8-10-12-14-17-22-32(23-18-15-13-11-9-7-2)37(42)44-28-20-16-19-24-35(41)40-27-25-33-34(30-40)46-31(3)36(33)38(43)45-29-21-26-39(4)5;1-3-5-7-9-11-14-18-22(19-15-12-10-8-6-4-2)26-23(25)20-16-13-17-21-24;1-2/h32H,6-30H2,1-5H3;21-22H,3-20H2,1-2H3;1-2H3. The SMILES string of the molecule is CC.CCCCCCCCC(CCCCCCCC)C(=O)OCCCCCC(=O)N1CCc2c(sc(C)c2C(=O)OCCCN(C)C)C1.CCCCCCCCC(CCCCCCCC)OC(=O)CCCCC=O. The Hall–Kier alpha value is -2.79. The van der Waals surface area contributed by atoms with Gasteiger partial charge in [0.05, 0.1) is 31.2 Å². The first-order valence-electron chi connectivity index (χ1n) is 31.0. The van der Waals surface area contributed by atoms with Crippen LogP contribution in [0.4, 0.5) is 0 Å². The molecule has 1 aliphatic heterocycles. The fourth-order valence-electron chi connectivity index (χ4n) is 9.67. The van der Waals surface area contributed by atoms with Gasteiger partial charge in [-0.1, -0.05) is 183 Å². The predicted molar refractivity (Wildman–Crippen MR) is 312 cm³/mol. The maximum atomic E-state index is 13.0. The maximum Gasteiger partial charge on any atom is 0.339 e. The number of amides is 1. The summed E-state index contributed by atoms with van der Waals surface area (Å²) < 4.78 is 17.1. The lowest BCUT2D eigenvalue weighted by molar-refractivity contribution is -0.150. The Kier molecular flexibility index (Phi) is 49.1. The van der Waals surface area contributed by atoms with Crippen LogP contribution >= 0.6 is 11.3 Å². The van der Waals surface area contributed by atoms with Gasteiger partial charge in [-0.05, 0) is 110 Å². The second kappa shape index (κ2) is 51.0. The van der Waals surface area contributed by atoms with E-state index in [1.54, 1.807) is 11.3 Å². The summed E-state index contributed by atoms with van der Waals surface area (Å²) in [5, 5.41) is 0. The molecule has 2 heterocycles. The van der Waals surface area contributed by atoms with Gasteiger partial charge in [-0.25, -0.2) is 4.79 Å². The van der Waals surface area contributed by atoms with Crippen LogP contribution in [0, 0.1) is 12.8 Å². The van der Waals surface area contributed by atoms with Crippen LogP contribution in [0.25, 0.3) is 0 Å². The van der Waals surface area contributed by atoms with E-state index in [1.807, 2.05) is 39.8 Å². The topological polar surface area (TPSA) is 120 Å². The lowest BCUT2D eigenvalue weighted by atomic mass is 9.94. The van der Waals surface area contributed by atoms with Crippen molar-refractivity contribution in [3.8, 4) is 0 Å². The number of esters is 3. The minimum absolute atomic E-state index is 0.00892. The molecule has 0 radical (unpaired) electrons. The van der Waals surface area contributed by atoms with Crippen LogP contribution in [0.15, 0.2) is 0 Å². The van der Waals surface area contributed by atoms with Crippen molar-refractivity contribution in [1.82, 2.24) is 9.80 Å². The number of nitrogens with zero attached hydrogens (tertiary/aromatic N) is 2. The first kappa shape index (κ1) is 71.2. The summed E-state index contributed by atoms with van der Waals surface area (Å²) in [6, 6.07) is 0. The minimum Gasteiger partial charge on any atom is -0.465 e. The number of ether oxygens (including phenoxy) is 3. The number of hydrogen-bond acceptors (Lipinski definition) is 10. The number of aldehydes is 1. The largest absolute Gasteiger partial charge is 0.465 e. The molecule has 0 atom stereocenters. The fraction of sp³-hybridized carbons (Fsp3) is 0.857. The zero-order valence-electron chi connectivity index (χ0n) is 49.7. The highest BCUT2D eigenvalue weighted by molar-refractivity contribution is 7.12. The first-order chi connectivity index (χ1) is 36.0. The molecule has 0 bridgehead atoms. The van der Waals surface area contributed by atoms with Gasteiger partial charge in [0.1, 0.15) is 12.4 Å². The molecule has 0 aromatic carbocycles. The summed E-state index contributed by atoms with van der Waals surface area (Å²) in [4.78, 5) is 67.3. The average molecular weight is 1060 g/mol. The molecule has 0 N–H and O–H groups in total. The zero-order valence-corrected chi connectivity index (χ0v) is 50.5. The van der Waals surface area contributed by atoms with Crippen molar-refractivity contribution >= 4 is 41.4 Å². The first-order valence-corrected chi connectivity index (χ1v) is 31.8. The van der Waals surface area contributed by atoms with E-state index in [9.17, 15) is 24.0 Å². The van der Waals surface area contributed by atoms with Crippen LogP contribution in [-0.2, 0) is 46.4 Å². The Morgan fingerprint density at radius 2 is 1.07 bits per heavy atom. The van der Waals surface area contributed by atoms with Gasteiger partial charge in [-0.15, -0.1) is 11.3 Å². The van der Waals surface area contributed by atoms with E-state index in [-0.39, 0.29) is 35.8 Å². The molecule has 0 fully saturated rings. The second-order valence-electron chi connectivity index (χ2n) is 21.2. The van der Waals surface area contributed by atoms with Crippen molar-refractivity contribution < 1.29 is 38.2 Å². The van der Waals surface area contributed by atoms with E-state index in [4.69, 9.17) is 14.2 Å². The van der Waals surface area contributed by atoms with Gasteiger partial charge in [0.15, 0.2) is 0 Å². The average Bonchev–Trinajstić information content (AvgIpc) is 3.73. The van der Waals surface area contributed by atoms with Crippen LogP contribution in [0.3, 0.4) is 0 Å². The Morgan fingerprint density at radius 1 is 0.595 bits per heavy atom. The summed E-state index contributed by atoms with van der Waals surface area (Å²) in [5.41, 5.74) is 1.78. The maximum absolute atomic E-state index is 13.0. The van der Waals surface area contributed by atoms with Crippen molar-refractivity contribution in [2.24, 2.45) is 5.92 Å². The molecule has 0 spiro atoms. The minimum atomic E-state index is -0.231. The molecule has 432 valence electrons. The Balaban J connectivity index is 0.00000162. The molecular weight excluding hydrogens is 945 g/mol. The number of hydrogen-bond donors (Lipinski definition) is 0. The second-order valence-corrected chi connectivity index (χ2v) is 22.5. The Morgan fingerprint density at radius 3 is 1.58 bits per heavy atom. The third-order valence-corrected chi connectivity index (χ3v) is 15.3. The highest BCUT2D eigenvalue weighted by Crippen LogP contribution is 2.34. The van der Waals surface area contributed by atoms with Gasteiger partial charge >= 0.3 is 17.9 Å². The van der Waals surface area contributed by atoms with E-state index < -0.39 is 0 Å². The normalized spacial score (nSPS) is 12.0. The molecule has 74 heavy (non-hydrogen) atoms. The Bertz CT molecular complexity index is 1480. The van der Waals surface area contributed by atoms with Crippen LogP contribution in [0.2, 0.25) is 0 Å². The molecule has 0 unspecified atom stereocenters. The van der Waals surface area contributed by atoms with Crippen molar-refractivity contribution in [2.75, 3.05) is 40.4 Å². The molecule has 1 aromatic heterocycles. The molecule has 0 saturated heterocycles. The number of unbranched alkanes of at least 4 members (excludes halogenated alkanes) is 24. The third-order valence-electron chi connectivity index (χ3n) is 14.2. The van der Waals surface area contributed by atoms with Crippen LogP contribution in [-0.4, -0.2) is 86.4 Å². The monoisotopic (exact) mass is 1060 g/mol. The van der Waals surface area contributed by atoms with Gasteiger partial charge in [0, 0.05) is 42.1 Å². The highest BCUT2D eigenvalue weighted by Gasteiger charge is 2.29. The smallest absolute Gasteiger partial charge is 0.339 e. The van der Waals surface area contributed by atoms with E-state index in [1.165, 1.54) is 141 Å². The van der Waals surface area contributed by atoms with E-state index in [0.717, 1.165) is 105 Å². The van der Waals surface area contributed by atoms with Crippen molar-refractivity contribution in [2.45, 2.75) is 305 Å². The number of aryl methyl sites for hydroxylation is 1. The molecule has 1 aliphatic rings. The van der Waals surface area contributed by atoms with Gasteiger partial charge in [0.2, 0.25) is 5.91 Å². The number of thiophene rings is 1. The number of carbonyl (C=O) groups is 5. The van der Waals surface area contributed by atoms with Crippen molar-refractivity contribution in [3.05, 3.63) is 20.9 Å². The van der Waals surface area contributed by atoms with E-state index in [0.29, 0.717) is 57.6 Å². The van der Waals surface area contributed by atoms with Gasteiger partial charge in [-0.2, -0.15) is 0 Å². The Labute approximate surface area is 459 Å². The lowest BCUT2D eigenvalue weighted by Crippen LogP contribution is -2.35. The summed E-state index contributed by atoms with van der Waals surface area (Å²) in [6.07, 6.45) is 42.3. The molecule has 11 heteroatoms. The highest BCUT2D eigenvalue weighted by atomic mass is 32.1. The molecule has 0 saturated carbocycles. The van der Waals surface area contributed by atoms with E-state index in [2.05, 4.69) is 32.6 Å². The van der Waals surface area contributed by atoms with Gasteiger partial charge in [-0.3, -0.25) is 14.4 Å². The summed E-state index contributed by atoms with van der Waals surface area (Å²) in [5.74, 6) is -0.109. The third kappa shape index (κ3) is 37.9. The quantitative estimate of drug-likeness (QED) is 0.0272. The molecule has 2 rings (SSSR count). The van der Waals surface area contributed by atoms with Crippen molar-refractivity contribution in [1.29, 1.82) is 0 Å². The number of carbonyl (C=O) groups excluding carboxylic acids is 5. The van der Waals surface area contributed by atoms with Crippen LogP contribution in [0.1, 0.15) is 305 Å². The summed E-state index contributed by atoms with van der Waals surface area (Å²) >= 11 is 1.62. The molecule has 1 aromatic rings. The van der Waals surface area contributed by atoms with Gasteiger partial charge < -0.3 is 28.8 Å². The lowest BCUT2D eigenvalue weighted by Gasteiger charge is -2.27. The molecule has 0 aliphatic carbocycles. The molecular formula is C63H116N2O8S. The van der Waals surface area contributed by atoms with Crippen molar-refractivity contribution in [3.63, 3.8) is 0 Å². The van der Waals surface area contributed by atoms with Gasteiger partial charge in [0.25, 0.3) is 0 Å². The fourth-order valence-corrected chi connectivity index (χ4v) is 10.9. The molecule has 1 amide bonds. The number of fused-ring (bicyclic) bond motifs is 1. The van der Waals surface area contributed by atoms with Crippen LogP contribution < -0.4 is 0 Å². The van der Waals surface area contributed by atoms with E-state index >= 15 is 0 Å². The summed E-state index contributed by atoms with van der Waals surface area (Å²) in [6.45, 7) is 17.9. The molecule has 10 nitrogen and oxygen atoms in total.